The highest BCUT2D eigenvalue weighted by Crippen LogP contribution is 2.31. The molecule has 138 valence electrons. The van der Waals surface area contributed by atoms with E-state index in [0.29, 0.717) is 13.2 Å². The Kier molecular flexibility index (Phi) is 5.03. The predicted molar refractivity (Wildman–Crippen MR) is 99.0 cm³/mol. The number of para-hydroxylation sites is 2. The first-order valence-electron chi connectivity index (χ1n) is 8.82. The lowest BCUT2D eigenvalue weighted by Crippen LogP contribution is -2.40. The minimum atomic E-state index is -0.294. The zero-order valence-corrected chi connectivity index (χ0v) is 14.6. The summed E-state index contributed by atoms with van der Waals surface area (Å²) in [6.45, 7) is 0.956. The lowest BCUT2D eigenvalue weighted by atomic mass is 9.98. The predicted octanol–water partition coefficient (Wildman–Crippen LogP) is 4.48. The summed E-state index contributed by atoms with van der Waals surface area (Å²) >= 11 is 0. The van der Waals surface area contributed by atoms with E-state index < -0.39 is 0 Å². The van der Waals surface area contributed by atoms with Crippen LogP contribution in [0.25, 0.3) is 0 Å². The maximum atomic E-state index is 13.3. The second-order valence-corrected chi connectivity index (χ2v) is 6.44. The van der Waals surface area contributed by atoms with Gasteiger partial charge in [0.05, 0.1) is 6.04 Å². The molecule has 0 saturated heterocycles. The molecule has 0 bridgehead atoms. The molecular weight excluding hydrogens is 348 g/mol. The van der Waals surface area contributed by atoms with Crippen molar-refractivity contribution in [2.24, 2.45) is 0 Å². The number of fused-ring (bicyclic) bond motifs is 1. The van der Waals surface area contributed by atoms with E-state index in [2.05, 4.69) is 5.32 Å². The molecule has 1 N–H and O–H groups in total. The van der Waals surface area contributed by atoms with Crippen LogP contribution in [-0.4, -0.2) is 19.3 Å². The first kappa shape index (κ1) is 17.5. The molecule has 3 nitrogen and oxygen atoms in total. The van der Waals surface area contributed by atoms with Crippen LogP contribution in [0, 0.1) is 11.6 Å². The molecule has 0 saturated carbocycles. The van der Waals surface area contributed by atoms with Gasteiger partial charge >= 0.3 is 0 Å². The van der Waals surface area contributed by atoms with Gasteiger partial charge in [-0.3, -0.25) is 0 Å². The third-order valence-corrected chi connectivity index (χ3v) is 4.52. The Morgan fingerprint density at radius 2 is 1.37 bits per heavy atom. The van der Waals surface area contributed by atoms with Gasteiger partial charge in [0.2, 0.25) is 0 Å². The molecule has 3 aromatic carbocycles. The van der Waals surface area contributed by atoms with Crippen molar-refractivity contribution in [3.63, 3.8) is 0 Å². The van der Waals surface area contributed by atoms with Gasteiger partial charge in [-0.05, 0) is 47.5 Å². The maximum Gasteiger partial charge on any atom is 0.161 e. The molecule has 1 aliphatic heterocycles. The maximum absolute atomic E-state index is 13.3. The first-order valence-corrected chi connectivity index (χ1v) is 8.82. The van der Waals surface area contributed by atoms with Crippen LogP contribution in [0.3, 0.4) is 0 Å². The highest BCUT2D eigenvalue weighted by Gasteiger charge is 2.22. The van der Waals surface area contributed by atoms with Crippen molar-refractivity contribution in [2.75, 3.05) is 13.2 Å². The molecule has 1 aliphatic rings. The average Bonchev–Trinajstić information content (AvgIpc) is 2.70. The Hall–Kier alpha value is -2.92. The van der Waals surface area contributed by atoms with E-state index >= 15 is 0 Å². The average molecular weight is 367 g/mol. The third-order valence-electron chi connectivity index (χ3n) is 4.52. The molecule has 1 atom stereocenters. The molecule has 0 aromatic heterocycles. The number of hydrogen-bond donors (Lipinski definition) is 1. The second kappa shape index (κ2) is 7.76. The van der Waals surface area contributed by atoms with Gasteiger partial charge in [-0.25, -0.2) is 8.78 Å². The Morgan fingerprint density at radius 3 is 1.96 bits per heavy atom. The third kappa shape index (κ3) is 4.09. The van der Waals surface area contributed by atoms with Gasteiger partial charge in [0.1, 0.15) is 24.3 Å². The summed E-state index contributed by atoms with van der Waals surface area (Å²) in [7, 11) is 0. The summed E-state index contributed by atoms with van der Waals surface area (Å²) in [6.07, 6.45) is -0.164. The minimum absolute atomic E-state index is 0.164. The Morgan fingerprint density at radius 1 is 0.815 bits per heavy atom. The van der Waals surface area contributed by atoms with Crippen molar-refractivity contribution in [3.05, 3.63) is 95.6 Å². The number of hydrogen-bond acceptors (Lipinski definition) is 3. The smallest absolute Gasteiger partial charge is 0.161 e. The highest BCUT2D eigenvalue weighted by atomic mass is 19.1. The summed E-state index contributed by atoms with van der Waals surface area (Å²) < 4.78 is 38.4. The van der Waals surface area contributed by atoms with Crippen molar-refractivity contribution >= 4 is 0 Å². The summed E-state index contributed by atoms with van der Waals surface area (Å²) in [6, 6.07) is 19.9. The molecule has 0 radical (unpaired) electrons. The van der Waals surface area contributed by atoms with Gasteiger partial charge in [-0.2, -0.15) is 0 Å². The van der Waals surface area contributed by atoms with Gasteiger partial charge in [-0.15, -0.1) is 0 Å². The van der Waals surface area contributed by atoms with Gasteiger partial charge in [0.15, 0.2) is 11.5 Å². The molecule has 0 amide bonds. The summed E-state index contributed by atoms with van der Waals surface area (Å²) in [5.41, 5.74) is 1.78. The van der Waals surface area contributed by atoms with Gasteiger partial charge in [0, 0.05) is 6.54 Å². The summed E-state index contributed by atoms with van der Waals surface area (Å²) in [5, 5.41) is 3.44. The molecule has 0 aliphatic carbocycles. The molecule has 0 spiro atoms. The van der Waals surface area contributed by atoms with E-state index in [1.54, 1.807) is 24.3 Å². The van der Waals surface area contributed by atoms with Crippen molar-refractivity contribution < 1.29 is 18.3 Å². The van der Waals surface area contributed by atoms with E-state index in [-0.39, 0.29) is 23.8 Å². The molecule has 0 fully saturated rings. The van der Waals surface area contributed by atoms with Gasteiger partial charge in [0.25, 0.3) is 0 Å². The fourth-order valence-corrected chi connectivity index (χ4v) is 3.15. The number of rotatable bonds is 5. The molecule has 5 heteroatoms. The van der Waals surface area contributed by atoms with Crippen LogP contribution in [0.5, 0.6) is 11.5 Å². The lowest BCUT2D eigenvalue weighted by Gasteiger charge is -2.28. The fourth-order valence-electron chi connectivity index (χ4n) is 3.15. The van der Waals surface area contributed by atoms with Crippen LogP contribution in [0.1, 0.15) is 17.2 Å². The molecule has 27 heavy (non-hydrogen) atoms. The number of ether oxygens (including phenoxy) is 2. The number of halogens is 2. The van der Waals surface area contributed by atoms with Crippen LogP contribution < -0.4 is 14.8 Å². The lowest BCUT2D eigenvalue weighted by molar-refractivity contribution is 0.0891. The Bertz CT molecular complexity index is 851. The quantitative estimate of drug-likeness (QED) is 0.721. The van der Waals surface area contributed by atoms with Gasteiger partial charge < -0.3 is 14.8 Å². The molecule has 3 aromatic rings. The van der Waals surface area contributed by atoms with E-state index in [0.717, 1.165) is 22.6 Å². The molecule has 4 rings (SSSR count). The standard InChI is InChI=1S/C22H19F2NO2/c23-17-9-5-15(6-10-17)22(16-7-11-18(24)12-8-16)25-13-19-14-26-20-3-1-2-4-21(20)27-19/h1-12,19,22,25H,13-14H2/t19-/m0/s1. The van der Waals surface area contributed by atoms with Crippen molar-refractivity contribution in [1.29, 1.82) is 0 Å². The number of benzene rings is 3. The van der Waals surface area contributed by atoms with Crippen molar-refractivity contribution in [3.8, 4) is 11.5 Å². The normalized spacial score (nSPS) is 15.7. The zero-order valence-electron chi connectivity index (χ0n) is 14.6. The van der Waals surface area contributed by atoms with Crippen LogP contribution in [0.4, 0.5) is 8.78 Å². The minimum Gasteiger partial charge on any atom is -0.486 e. The highest BCUT2D eigenvalue weighted by molar-refractivity contribution is 5.40. The van der Waals surface area contributed by atoms with Crippen LogP contribution in [-0.2, 0) is 0 Å². The second-order valence-electron chi connectivity index (χ2n) is 6.44. The monoisotopic (exact) mass is 367 g/mol. The van der Waals surface area contributed by atoms with Crippen molar-refractivity contribution in [2.45, 2.75) is 12.1 Å². The molecule has 0 unspecified atom stereocenters. The van der Waals surface area contributed by atoms with E-state index in [1.165, 1.54) is 24.3 Å². The van der Waals surface area contributed by atoms with E-state index in [9.17, 15) is 8.78 Å². The van der Waals surface area contributed by atoms with Crippen LogP contribution in [0.15, 0.2) is 72.8 Å². The summed E-state index contributed by atoms with van der Waals surface area (Å²) in [4.78, 5) is 0. The fraction of sp³-hybridized carbons (Fsp3) is 0.182. The SMILES string of the molecule is Fc1ccc(C(NC[C@H]2COc3ccccc3O2)c2ccc(F)cc2)cc1. The zero-order chi connectivity index (χ0) is 18.6. The van der Waals surface area contributed by atoms with E-state index in [1.807, 2.05) is 24.3 Å². The van der Waals surface area contributed by atoms with Gasteiger partial charge in [-0.1, -0.05) is 36.4 Å². The largest absolute Gasteiger partial charge is 0.486 e. The van der Waals surface area contributed by atoms with Crippen LogP contribution in [0.2, 0.25) is 0 Å². The van der Waals surface area contributed by atoms with E-state index in [4.69, 9.17) is 9.47 Å². The topological polar surface area (TPSA) is 30.5 Å². The number of nitrogens with one attached hydrogen (secondary N) is 1. The first-order chi connectivity index (χ1) is 13.2. The Balaban J connectivity index is 1.51. The Labute approximate surface area is 156 Å². The molecular formula is C22H19F2NO2. The molecule has 1 heterocycles. The summed E-state index contributed by atoms with van der Waals surface area (Å²) in [5.74, 6) is 0.868. The van der Waals surface area contributed by atoms with Crippen LogP contribution >= 0.6 is 0 Å². The van der Waals surface area contributed by atoms with Crippen molar-refractivity contribution in [1.82, 2.24) is 5.32 Å².